The van der Waals surface area contributed by atoms with E-state index in [4.69, 9.17) is 4.99 Å². The van der Waals surface area contributed by atoms with Gasteiger partial charge in [0.1, 0.15) is 0 Å². The first kappa shape index (κ1) is 22.1. The molecule has 3 rings (SSSR count). The Hall–Kier alpha value is -1.60. The van der Waals surface area contributed by atoms with E-state index in [9.17, 15) is 8.42 Å². The van der Waals surface area contributed by atoms with Crippen LogP contribution in [-0.4, -0.2) is 63.8 Å². The van der Waals surface area contributed by atoms with Crippen molar-refractivity contribution in [3.05, 3.63) is 29.8 Å². The summed E-state index contributed by atoms with van der Waals surface area (Å²) in [6.07, 6.45) is 9.94. The number of likely N-dealkylation sites (tertiary alicyclic amines) is 1. The maximum Gasteiger partial charge on any atom is 0.191 e. The lowest BCUT2D eigenvalue weighted by Crippen LogP contribution is -2.50. The molecule has 2 N–H and O–H groups in total. The van der Waals surface area contributed by atoms with Crippen molar-refractivity contribution in [3.63, 3.8) is 0 Å². The molecule has 162 valence electrons. The molecule has 0 unspecified atom stereocenters. The molecule has 2 fully saturated rings. The second-order valence-electron chi connectivity index (χ2n) is 8.32. The van der Waals surface area contributed by atoms with Crippen molar-refractivity contribution < 1.29 is 8.42 Å². The van der Waals surface area contributed by atoms with Gasteiger partial charge in [-0.05, 0) is 56.7 Å². The summed E-state index contributed by atoms with van der Waals surface area (Å²) in [6, 6.07) is 8.42. The minimum atomic E-state index is -3.14. The van der Waals surface area contributed by atoms with E-state index >= 15 is 0 Å². The van der Waals surface area contributed by atoms with Gasteiger partial charge < -0.3 is 15.5 Å². The Morgan fingerprint density at radius 3 is 2.34 bits per heavy atom. The molecule has 7 heteroatoms. The number of nitrogens with one attached hydrogen (secondary N) is 2. The summed E-state index contributed by atoms with van der Waals surface area (Å²) < 4.78 is 23.1. The Bertz CT molecular complexity index is 763. The van der Waals surface area contributed by atoms with E-state index < -0.39 is 9.84 Å². The molecule has 0 atom stereocenters. The Morgan fingerprint density at radius 1 is 1.10 bits per heavy atom. The van der Waals surface area contributed by atoms with Crippen LogP contribution in [0.2, 0.25) is 0 Å². The number of aliphatic imine (C=N–C) groups is 1. The van der Waals surface area contributed by atoms with Gasteiger partial charge in [-0.3, -0.25) is 4.99 Å². The molecule has 0 radical (unpaired) electrons. The number of hydrogen-bond donors (Lipinski definition) is 2. The summed E-state index contributed by atoms with van der Waals surface area (Å²) in [4.78, 5) is 7.79. The van der Waals surface area contributed by atoms with E-state index in [0.717, 1.165) is 30.5 Å². The van der Waals surface area contributed by atoms with Gasteiger partial charge in [-0.25, -0.2) is 8.42 Å². The predicted octanol–water partition coefficient (Wildman–Crippen LogP) is 2.59. The zero-order chi connectivity index (χ0) is 20.7. The molecular formula is C22H36N4O2S. The number of nitrogens with zero attached hydrogens (tertiary/aromatic N) is 2. The fourth-order valence-corrected chi connectivity index (χ4v) is 5.02. The minimum Gasteiger partial charge on any atom is -0.357 e. The summed E-state index contributed by atoms with van der Waals surface area (Å²) >= 11 is 0. The van der Waals surface area contributed by atoms with Gasteiger partial charge in [0.15, 0.2) is 15.8 Å². The van der Waals surface area contributed by atoms with Crippen LogP contribution in [0.5, 0.6) is 0 Å². The lowest BCUT2D eigenvalue weighted by atomic mass is 10.0. The zero-order valence-corrected chi connectivity index (χ0v) is 18.7. The normalized spacial score (nSPS) is 20.1. The first-order chi connectivity index (χ1) is 14.0. The number of hydrogen-bond acceptors (Lipinski definition) is 4. The highest BCUT2D eigenvalue weighted by Crippen LogP contribution is 2.26. The van der Waals surface area contributed by atoms with Gasteiger partial charge in [-0.1, -0.05) is 25.0 Å². The van der Waals surface area contributed by atoms with Crippen molar-refractivity contribution in [3.8, 4) is 0 Å². The third kappa shape index (κ3) is 6.71. The first-order valence-corrected chi connectivity index (χ1v) is 12.9. The van der Waals surface area contributed by atoms with E-state index in [2.05, 4.69) is 22.5 Å². The van der Waals surface area contributed by atoms with Gasteiger partial charge in [0, 0.05) is 44.5 Å². The number of rotatable bonds is 7. The molecule has 29 heavy (non-hydrogen) atoms. The van der Waals surface area contributed by atoms with Crippen molar-refractivity contribution in [1.29, 1.82) is 0 Å². The fourth-order valence-electron chi connectivity index (χ4n) is 4.39. The molecule has 0 amide bonds. The van der Waals surface area contributed by atoms with Gasteiger partial charge in [0.05, 0.1) is 4.90 Å². The quantitative estimate of drug-likeness (QED) is 0.524. The van der Waals surface area contributed by atoms with Crippen LogP contribution in [0.4, 0.5) is 0 Å². The summed E-state index contributed by atoms with van der Waals surface area (Å²) in [7, 11) is -3.14. The summed E-state index contributed by atoms with van der Waals surface area (Å²) in [6.45, 7) is 5.98. The number of benzene rings is 1. The van der Waals surface area contributed by atoms with E-state index in [0.29, 0.717) is 17.5 Å². The van der Waals surface area contributed by atoms with Crippen LogP contribution in [0.25, 0.3) is 0 Å². The second-order valence-corrected chi connectivity index (χ2v) is 10.3. The number of piperidine rings is 1. The average molecular weight is 421 g/mol. The third-order valence-electron chi connectivity index (χ3n) is 6.08. The minimum absolute atomic E-state index is 0.365. The van der Waals surface area contributed by atoms with Crippen LogP contribution in [0, 0.1) is 0 Å². The molecule has 1 aromatic carbocycles. The highest BCUT2D eigenvalue weighted by molar-refractivity contribution is 7.90. The summed E-state index contributed by atoms with van der Waals surface area (Å²) in [5.74, 6) is 0.888. The van der Waals surface area contributed by atoms with Gasteiger partial charge in [-0.15, -0.1) is 0 Å². The summed E-state index contributed by atoms with van der Waals surface area (Å²) in [5, 5.41) is 6.97. The Labute approximate surface area is 176 Å². The van der Waals surface area contributed by atoms with Crippen molar-refractivity contribution in [2.75, 3.05) is 32.4 Å². The van der Waals surface area contributed by atoms with Crippen molar-refractivity contribution in [2.45, 2.75) is 68.8 Å². The fraction of sp³-hybridized carbons (Fsp3) is 0.682. The van der Waals surface area contributed by atoms with Crippen molar-refractivity contribution >= 4 is 15.8 Å². The van der Waals surface area contributed by atoms with E-state index in [1.807, 2.05) is 12.1 Å². The van der Waals surface area contributed by atoms with Crippen LogP contribution in [0.1, 0.15) is 51.0 Å². The highest BCUT2D eigenvalue weighted by Gasteiger charge is 2.27. The SMILES string of the molecule is CCNC(=NCCc1ccc(S(C)(=O)=O)cc1)NC1CCN(C2CCCC2)CC1. The maximum absolute atomic E-state index is 11.6. The smallest absolute Gasteiger partial charge is 0.191 e. The standard InChI is InChI=1S/C22H36N4O2S/c1-3-23-22(24-15-12-18-8-10-21(11-9-18)29(2,27)28)25-19-13-16-26(17-14-19)20-6-4-5-7-20/h8-11,19-20H,3-7,12-17H2,1-2H3,(H2,23,24,25). The van der Waals surface area contributed by atoms with Crippen LogP contribution in [0.3, 0.4) is 0 Å². The van der Waals surface area contributed by atoms with Crippen molar-refractivity contribution in [2.24, 2.45) is 4.99 Å². The molecule has 1 heterocycles. The van der Waals surface area contributed by atoms with Gasteiger partial charge in [0.25, 0.3) is 0 Å². The monoisotopic (exact) mass is 420 g/mol. The molecule has 1 saturated carbocycles. The third-order valence-corrected chi connectivity index (χ3v) is 7.21. The van der Waals surface area contributed by atoms with Gasteiger partial charge in [0.2, 0.25) is 0 Å². The Balaban J connectivity index is 1.47. The number of sulfone groups is 1. The second kappa shape index (κ2) is 10.4. The molecule has 2 aliphatic rings. The predicted molar refractivity (Wildman–Crippen MR) is 119 cm³/mol. The lowest BCUT2D eigenvalue weighted by Gasteiger charge is -2.36. The molecule has 1 aliphatic heterocycles. The van der Waals surface area contributed by atoms with Gasteiger partial charge >= 0.3 is 0 Å². The molecular weight excluding hydrogens is 384 g/mol. The molecule has 1 aromatic rings. The van der Waals surface area contributed by atoms with Crippen LogP contribution < -0.4 is 10.6 Å². The first-order valence-electron chi connectivity index (χ1n) is 11.0. The zero-order valence-electron chi connectivity index (χ0n) is 17.9. The molecule has 0 bridgehead atoms. The highest BCUT2D eigenvalue weighted by atomic mass is 32.2. The topological polar surface area (TPSA) is 73.8 Å². The molecule has 6 nitrogen and oxygen atoms in total. The molecule has 0 aromatic heterocycles. The van der Waals surface area contributed by atoms with E-state index in [1.165, 1.54) is 57.9 Å². The molecule has 1 aliphatic carbocycles. The largest absolute Gasteiger partial charge is 0.357 e. The lowest BCUT2D eigenvalue weighted by molar-refractivity contribution is 0.150. The van der Waals surface area contributed by atoms with E-state index in [-0.39, 0.29) is 0 Å². The summed E-state index contributed by atoms with van der Waals surface area (Å²) in [5.41, 5.74) is 1.10. The van der Waals surface area contributed by atoms with Crippen LogP contribution in [-0.2, 0) is 16.3 Å². The Morgan fingerprint density at radius 2 is 1.76 bits per heavy atom. The maximum atomic E-state index is 11.6. The average Bonchev–Trinajstić information content (AvgIpc) is 3.23. The number of guanidine groups is 1. The molecule has 0 spiro atoms. The van der Waals surface area contributed by atoms with E-state index in [1.54, 1.807) is 12.1 Å². The van der Waals surface area contributed by atoms with Gasteiger partial charge in [-0.2, -0.15) is 0 Å². The Kier molecular flexibility index (Phi) is 7.95. The molecule has 1 saturated heterocycles. The van der Waals surface area contributed by atoms with Crippen LogP contribution in [0.15, 0.2) is 34.2 Å². The van der Waals surface area contributed by atoms with Crippen molar-refractivity contribution in [1.82, 2.24) is 15.5 Å². The van der Waals surface area contributed by atoms with Crippen LogP contribution >= 0.6 is 0 Å².